The summed E-state index contributed by atoms with van der Waals surface area (Å²) in [7, 11) is -3.73. The molecule has 2 aromatic carbocycles. The number of nitrogens with zero attached hydrogens (tertiary/aromatic N) is 2. The monoisotopic (exact) mass is 546 g/mol. The molecule has 2 aliphatic heterocycles. The van der Waals surface area contributed by atoms with Gasteiger partial charge < -0.3 is 19.6 Å². The van der Waals surface area contributed by atoms with Gasteiger partial charge in [-0.25, -0.2) is 22.7 Å². The first-order chi connectivity index (χ1) is 18.2. The lowest BCUT2D eigenvalue weighted by Crippen LogP contribution is -2.44. The largest absolute Gasteiger partial charge is 0.434 e. The number of nitrogens with two attached hydrogens (primary N) is 1. The SMILES string of the molecule is C[C@H]1CC[C@H](c2ccccc2)S(=O)(=O)N1Cc1cc(F)c([C@@H](OC2CCOCC2)c2n[nH]c(=O)o2)cc1N. The average molecular weight is 547 g/mol. The molecule has 0 aliphatic carbocycles. The van der Waals surface area contributed by atoms with E-state index in [2.05, 4.69) is 10.2 Å². The fourth-order valence-electron chi connectivity index (χ4n) is 5.13. The lowest BCUT2D eigenvalue weighted by atomic mass is 10.0. The van der Waals surface area contributed by atoms with E-state index in [-0.39, 0.29) is 35.8 Å². The normalized spacial score (nSPS) is 23.3. The van der Waals surface area contributed by atoms with E-state index in [0.29, 0.717) is 44.5 Å². The molecule has 2 aliphatic rings. The van der Waals surface area contributed by atoms with Gasteiger partial charge in [-0.2, -0.15) is 4.31 Å². The highest BCUT2D eigenvalue weighted by atomic mass is 32.2. The van der Waals surface area contributed by atoms with E-state index in [0.717, 1.165) is 5.56 Å². The molecular formula is C26H31FN4O6S. The van der Waals surface area contributed by atoms with E-state index < -0.39 is 33.0 Å². The van der Waals surface area contributed by atoms with Crippen molar-refractivity contribution < 1.29 is 26.7 Å². The zero-order valence-corrected chi connectivity index (χ0v) is 21.8. The molecule has 2 fully saturated rings. The molecule has 3 heterocycles. The topological polar surface area (TPSA) is 141 Å². The van der Waals surface area contributed by atoms with Crippen molar-refractivity contribution >= 4 is 15.7 Å². The highest BCUT2D eigenvalue weighted by molar-refractivity contribution is 7.89. The molecule has 0 spiro atoms. The summed E-state index contributed by atoms with van der Waals surface area (Å²) >= 11 is 0. The Morgan fingerprint density at radius 3 is 2.61 bits per heavy atom. The van der Waals surface area contributed by atoms with Crippen LogP contribution in [-0.2, 0) is 26.0 Å². The summed E-state index contributed by atoms with van der Waals surface area (Å²) in [6.45, 7) is 2.77. The third-order valence-electron chi connectivity index (χ3n) is 7.24. The second kappa shape index (κ2) is 11.0. The van der Waals surface area contributed by atoms with Crippen LogP contribution < -0.4 is 11.5 Å². The van der Waals surface area contributed by atoms with Gasteiger partial charge in [0, 0.05) is 37.1 Å². The van der Waals surface area contributed by atoms with Crippen molar-refractivity contribution in [3.63, 3.8) is 0 Å². The lowest BCUT2D eigenvalue weighted by Gasteiger charge is -2.37. The molecule has 38 heavy (non-hydrogen) atoms. The predicted octanol–water partition coefficient (Wildman–Crippen LogP) is 3.42. The molecule has 0 saturated carbocycles. The number of aromatic nitrogens is 2. The fourth-order valence-corrected chi connectivity index (χ4v) is 7.32. The van der Waals surface area contributed by atoms with Gasteiger partial charge in [0.2, 0.25) is 10.0 Å². The van der Waals surface area contributed by atoms with Gasteiger partial charge in [-0.3, -0.25) is 0 Å². The van der Waals surface area contributed by atoms with E-state index in [9.17, 15) is 13.2 Å². The van der Waals surface area contributed by atoms with Crippen LogP contribution in [0.1, 0.15) is 66.5 Å². The van der Waals surface area contributed by atoms with Crippen LogP contribution in [0.4, 0.5) is 10.1 Å². The van der Waals surface area contributed by atoms with Gasteiger partial charge in [-0.15, -0.1) is 5.10 Å². The minimum Gasteiger partial charge on any atom is -0.398 e. The minimum atomic E-state index is -3.73. The van der Waals surface area contributed by atoms with Crippen molar-refractivity contribution in [3.8, 4) is 0 Å². The van der Waals surface area contributed by atoms with Crippen LogP contribution in [0.2, 0.25) is 0 Å². The van der Waals surface area contributed by atoms with Crippen LogP contribution in [0.25, 0.3) is 0 Å². The zero-order chi connectivity index (χ0) is 26.9. The molecule has 2 saturated heterocycles. The van der Waals surface area contributed by atoms with E-state index in [4.69, 9.17) is 19.6 Å². The smallest absolute Gasteiger partial charge is 0.398 e. The molecule has 3 N–H and O–H groups in total. The van der Waals surface area contributed by atoms with Crippen LogP contribution in [-0.4, -0.2) is 48.3 Å². The van der Waals surface area contributed by atoms with Crippen molar-refractivity contribution in [1.29, 1.82) is 0 Å². The Balaban J connectivity index is 1.44. The molecule has 0 unspecified atom stereocenters. The maximum absolute atomic E-state index is 15.6. The summed E-state index contributed by atoms with van der Waals surface area (Å²) in [5.41, 5.74) is 7.67. The second-order valence-corrected chi connectivity index (χ2v) is 11.8. The van der Waals surface area contributed by atoms with E-state index >= 15 is 4.39 Å². The standard InChI is InChI=1S/C26H31FN4O6S/c1-16-7-8-23(17-5-3-2-4-6-17)38(33,34)31(16)15-18-13-21(27)20(14-22(18)28)24(25-29-30-26(32)37-25)36-19-9-11-35-12-10-19/h2-6,13-14,16,19,23-24H,7-12,15,28H2,1H3,(H,30,32)/t16-,23+,24+/m0/s1. The molecule has 204 valence electrons. The van der Waals surface area contributed by atoms with Gasteiger partial charge in [-0.1, -0.05) is 30.3 Å². The van der Waals surface area contributed by atoms with Crippen LogP contribution >= 0.6 is 0 Å². The van der Waals surface area contributed by atoms with Gasteiger partial charge >= 0.3 is 5.76 Å². The molecular weight excluding hydrogens is 515 g/mol. The van der Waals surface area contributed by atoms with Crippen LogP contribution in [0.5, 0.6) is 0 Å². The predicted molar refractivity (Wildman–Crippen MR) is 137 cm³/mol. The Morgan fingerprint density at radius 1 is 1.18 bits per heavy atom. The molecule has 0 radical (unpaired) electrons. The third kappa shape index (κ3) is 5.39. The molecule has 12 heteroatoms. The number of benzene rings is 2. The molecule has 3 aromatic rings. The van der Waals surface area contributed by atoms with Gasteiger partial charge in [0.15, 0.2) is 6.10 Å². The van der Waals surface area contributed by atoms with Crippen molar-refractivity contribution in [2.45, 2.75) is 62.7 Å². The number of anilines is 1. The summed E-state index contributed by atoms with van der Waals surface area (Å²) in [6.07, 6.45) is 0.978. The highest BCUT2D eigenvalue weighted by Crippen LogP contribution is 2.39. The quantitative estimate of drug-likeness (QED) is 0.430. The molecule has 10 nitrogen and oxygen atoms in total. The molecule has 0 bridgehead atoms. The first-order valence-corrected chi connectivity index (χ1v) is 14.2. The van der Waals surface area contributed by atoms with E-state index in [1.165, 1.54) is 16.4 Å². The number of sulfonamides is 1. The number of rotatable bonds is 7. The van der Waals surface area contributed by atoms with Crippen LogP contribution in [0.3, 0.4) is 0 Å². The Morgan fingerprint density at radius 2 is 1.92 bits per heavy atom. The molecule has 3 atom stereocenters. The number of nitrogen functional groups attached to an aromatic ring is 1. The Labute approximate surface area is 220 Å². The van der Waals surface area contributed by atoms with Gasteiger partial charge in [0.05, 0.1) is 6.10 Å². The number of ether oxygens (including phenoxy) is 2. The van der Waals surface area contributed by atoms with Crippen LogP contribution in [0, 0.1) is 5.82 Å². The van der Waals surface area contributed by atoms with Gasteiger partial charge in [0.25, 0.3) is 5.89 Å². The zero-order valence-electron chi connectivity index (χ0n) is 21.0. The van der Waals surface area contributed by atoms with Crippen molar-refractivity contribution in [2.24, 2.45) is 0 Å². The number of aromatic amines is 1. The Hall–Kier alpha value is -3.06. The summed E-state index contributed by atoms with van der Waals surface area (Å²) in [6, 6.07) is 11.5. The maximum Gasteiger partial charge on any atom is 0.434 e. The van der Waals surface area contributed by atoms with Crippen molar-refractivity contribution in [3.05, 3.63) is 81.4 Å². The first kappa shape index (κ1) is 26.5. The number of nitrogens with one attached hydrogen (secondary N) is 1. The number of hydrogen-bond acceptors (Lipinski definition) is 8. The fraction of sp³-hybridized carbons (Fsp3) is 0.462. The number of halogens is 1. The summed E-state index contributed by atoms with van der Waals surface area (Å²) in [4.78, 5) is 11.6. The Kier molecular flexibility index (Phi) is 7.66. The molecule has 5 rings (SSSR count). The van der Waals surface area contributed by atoms with Gasteiger partial charge in [0.1, 0.15) is 11.1 Å². The second-order valence-electron chi connectivity index (χ2n) is 9.77. The summed E-state index contributed by atoms with van der Waals surface area (Å²) < 4.78 is 60.9. The summed E-state index contributed by atoms with van der Waals surface area (Å²) in [5, 5.41) is 5.36. The van der Waals surface area contributed by atoms with Gasteiger partial charge in [-0.05, 0) is 55.9 Å². The van der Waals surface area contributed by atoms with Crippen LogP contribution in [0.15, 0.2) is 51.7 Å². The van der Waals surface area contributed by atoms with E-state index in [1.807, 2.05) is 37.3 Å². The first-order valence-electron chi connectivity index (χ1n) is 12.7. The number of hydrogen-bond donors (Lipinski definition) is 2. The minimum absolute atomic E-state index is 0.0460. The number of H-pyrrole nitrogens is 1. The average Bonchev–Trinajstić information content (AvgIpc) is 3.34. The molecule has 0 amide bonds. The Bertz CT molecular complexity index is 1420. The maximum atomic E-state index is 15.6. The lowest BCUT2D eigenvalue weighted by molar-refractivity contribution is -0.0647. The summed E-state index contributed by atoms with van der Waals surface area (Å²) in [5.74, 6) is -1.58. The van der Waals surface area contributed by atoms with Crippen molar-refractivity contribution in [1.82, 2.24) is 14.5 Å². The highest BCUT2D eigenvalue weighted by Gasteiger charge is 2.41. The van der Waals surface area contributed by atoms with Crippen molar-refractivity contribution in [2.75, 3.05) is 18.9 Å². The van der Waals surface area contributed by atoms with E-state index in [1.54, 1.807) is 0 Å². The third-order valence-corrected chi connectivity index (χ3v) is 9.61. The molecule has 1 aromatic heterocycles.